The van der Waals surface area contributed by atoms with E-state index < -0.39 is 20.2 Å². The Bertz CT molecular complexity index is 1110. The molecule has 2 heterocycles. The zero-order valence-electron chi connectivity index (χ0n) is 15.7. The molecule has 1 saturated heterocycles. The number of rotatable bonds is 4. The van der Waals surface area contributed by atoms with Gasteiger partial charge in [0.2, 0.25) is 10.0 Å². The van der Waals surface area contributed by atoms with Crippen molar-refractivity contribution < 1.29 is 13.3 Å². The van der Waals surface area contributed by atoms with Gasteiger partial charge in [-0.25, -0.2) is 8.42 Å². The van der Waals surface area contributed by atoms with E-state index in [0.29, 0.717) is 38.0 Å². The number of nitriles is 1. The fourth-order valence-electron chi connectivity index (χ4n) is 4.16. The summed E-state index contributed by atoms with van der Waals surface area (Å²) in [4.78, 5) is 12.3. The van der Waals surface area contributed by atoms with Crippen LogP contribution in [0.3, 0.4) is 0 Å². The van der Waals surface area contributed by atoms with E-state index in [9.17, 15) is 23.8 Å². The molecule has 9 heteroatoms. The fraction of sp³-hybridized carbons (Fsp3) is 0.350. The maximum absolute atomic E-state index is 13.4. The summed E-state index contributed by atoms with van der Waals surface area (Å²) in [6.45, 7) is 1.31. The van der Waals surface area contributed by atoms with E-state index in [-0.39, 0.29) is 17.8 Å². The summed E-state index contributed by atoms with van der Waals surface area (Å²) >= 11 is 0. The van der Waals surface area contributed by atoms with E-state index >= 15 is 0 Å². The Balaban J connectivity index is 1.61. The van der Waals surface area contributed by atoms with E-state index in [1.54, 1.807) is 0 Å². The van der Waals surface area contributed by atoms with E-state index in [1.165, 1.54) is 22.5 Å². The second kappa shape index (κ2) is 7.37. The molecule has 0 amide bonds. The maximum atomic E-state index is 13.4. The minimum atomic E-state index is -3.56. The van der Waals surface area contributed by atoms with E-state index in [2.05, 4.69) is 0 Å². The van der Waals surface area contributed by atoms with Crippen molar-refractivity contribution in [2.75, 3.05) is 28.8 Å². The summed E-state index contributed by atoms with van der Waals surface area (Å²) < 4.78 is 28.3. The van der Waals surface area contributed by atoms with Crippen LogP contribution < -0.4 is 9.21 Å². The van der Waals surface area contributed by atoms with Gasteiger partial charge in [0.1, 0.15) is 6.07 Å². The molecule has 29 heavy (non-hydrogen) atoms. The van der Waals surface area contributed by atoms with Crippen molar-refractivity contribution in [1.29, 1.82) is 5.26 Å². The van der Waals surface area contributed by atoms with Crippen molar-refractivity contribution in [3.05, 3.63) is 63.7 Å². The van der Waals surface area contributed by atoms with Gasteiger partial charge in [-0.2, -0.15) is 5.26 Å². The molecule has 0 radical (unpaired) electrons. The van der Waals surface area contributed by atoms with Crippen LogP contribution in [0.2, 0.25) is 0 Å². The minimum Gasteiger partial charge on any atom is -0.369 e. The first-order valence-electron chi connectivity index (χ1n) is 9.45. The highest BCUT2D eigenvalue weighted by Gasteiger charge is 2.38. The molecule has 2 aliphatic heterocycles. The molecule has 0 saturated carbocycles. The molecular formula is C20H20N4O4S. The van der Waals surface area contributed by atoms with Crippen molar-refractivity contribution in [1.82, 2.24) is 0 Å². The number of benzene rings is 2. The largest absolute Gasteiger partial charge is 0.369 e. The molecule has 0 spiro atoms. The maximum Gasteiger partial charge on any atom is 0.270 e. The number of non-ortho nitro benzene ring substituents is 1. The Morgan fingerprint density at radius 1 is 1.14 bits per heavy atom. The molecule has 0 N–H and O–H groups in total. The second-order valence-corrected chi connectivity index (χ2v) is 9.41. The van der Waals surface area contributed by atoms with Gasteiger partial charge in [-0.15, -0.1) is 0 Å². The monoisotopic (exact) mass is 412 g/mol. The van der Waals surface area contributed by atoms with Gasteiger partial charge in [-0.05, 0) is 37.0 Å². The van der Waals surface area contributed by atoms with Crippen LogP contribution in [-0.4, -0.2) is 38.2 Å². The van der Waals surface area contributed by atoms with Crippen LogP contribution in [0.5, 0.6) is 0 Å². The first-order chi connectivity index (χ1) is 13.9. The number of hydrogen-bond donors (Lipinski definition) is 0. The Morgan fingerprint density at radius 2 is 1.93 bits per heavy atom. The lowest BCUT2D eigenvalue weighted by molar-refractivity contribution is -0.384. The molecule has 2 aromatic rings. The first-order valence-corrected chi connectivity index (χ1v) is 10.9. The van der Waals surface area contributed by atoms with Gasteiger partial charge >= 0.3 is 0 Å². The summed E-state index contributed by atoms with van der Waals surface area (Å²) in [5.74, 6) is 0. The van der Waals surface area contributed by atoms with Crippen LogP contribution in [0.1, 0.15) is 24.0 Å². The highest BCUT2D eigenvalue weighted by atomic mass is 32.2. The minimum absolute atomic E-state index is 0.153. The van der Waals surface area contributed by atoms with Crippen molar-refractivity contribution in [2.45, 2.75) is 24.5 Å². The summed E-state index contributed by atoms with van der Waals surface area (Å²) in [7, 11) is -3.56. The van der Waals surface area contributed by atoms with E-state index in [4.69, 9.17) is 0 Å². The number of hydrogen-bond acceptors (Lipinski definition) is 6. The number of nitro benzene ring substituents is 1. The van der Waals surface area contributed by atoms with Crippen LogP contribution in [0.15, 0.2) is 42.5 Å². The zero-order chi connectivity index (χ0) is 20.6. The number of fused-ring (bicyclic) bond motifs is 1. The smallest absolute Gasteiger partial charge is 0.270 e. The predicted octanol–water partition coefficient (Wildman–Crippen LogP) is 2.83. The number of nitrogens with zero attached hydrogens (tertiary/aromatic N) is 4. The van der Waals surface area contributed by atoms with Crippen LogP contribution in [-0.2, 0) is 16.4 Å². The van der Waals surface area contributed by atoms with Gasteiger partial charge in [0.25, 0.3) is 5.69 Å². The van der Waals surface area contributed by atoms with E-state index in [0.717, 1.165) is 11.3 Å². The van der Waals surface area contributed by atoms with Crippen LogP contribution >= 0.6 is 0 Å². The summed E-state index contributed by atoms with van der Waals surface area (Å²) in [5.41, 5.74) is 2.35. The van der Waals surface area contributed by atoms with Crippen molar-refractivity contribution in [2.24, 2.45) is 0 Å². The SMILES string of the molecule is N#Cc1cc([N+](=O)[O-])ccc1N1CCCC(S(=O)(=O)N2CCc3ccccc32)C1. The first kappa shape index (κ1) is 19.2. The second-order valence-electron chi connectivity index (χ2n) is 7.28. The Kier molecular flexibility index (Phi) is 4.88. The lowest BCUT2D eigenvalue weighted by Crippen LogP contribution is -2.48. The van der Waals surface area contributed by atoms with Gasteiger partial charge in [0.15, 0.2) is 0 Å². The van der Waals surface area contributed by atoms with Gasteiger partial charge in [0, 0.05) is 31.8 Å². The normalized spacial score (nSPS) is 18.9. The third kappa shape index (κ3) is 3.40. The number of anilines is 2. The molecule has 8 nitrogen and oxygen atoms in total. The van der Waals surface area contributed by atoms with Crippen LogP contribution in [0.4, 0.5) is 17.1 Å². The molecule has 1 unspecified atom stereocenters. The molecule has 4 rings (SSSR count). The predicted molar refractivity (Wildman–Crippen MR) is 109 cm³/mol. The van der Waals surface area contributed by atoms with Gasteiger partial charge in [-0.3, -0.25) is 14.4 Å². The summed E-state index contributed by atoms with van der Waals surface area (Å²) in [5, 5.41) is 19.8. The van der Waals surface area contributed by atoms with E-state index in [1.807, 2.05) is 35.2 Å². The fourth-order valence-corrected chi connectivity index (χ4v) is 6.15. The zero-order valence-corrected chi connectivity index (χ0v) is 16.5. The average molecular weight is 412 g/mol. The van der Waals surface area contributed by atoms with Crippen molar-refractivity contribution in [3.63, 3.8) is 0 Å². The molecule has 0 aromatic heterocycles. The highest BCUT2D eigenvalue weighted by molar-refractivity contribution is 7.93. The molecule has 2 aromatic carbocycles. The highest BCUT2D eigenvalue weighted by Crippen LogP contribution is 2.34. The number of sulfonamides is 1. The van der Waals surface area contributed by atoms with Crippen molar-refractivity contribution >= 4 is 27.1 Å². The number of para-hydroxylation sites is 1. The summed E-state index contributed by atoms with van der Waals surface area (Å²) in [6.07, 6.45) is 1.92. The molecular weight excluding hydrogens is 392 g/mol. The van der Waals surface area contributed by atoms with Crippen LogP contribution in [0.25, 0.3) is 0 Å². The number of nitro groups is 1. The molecule has 2 aliphatic rings. The molecule has 0 aliphatic carbocycles. The lowest BCUT2D eigenvalue weighted by atomic mass is 10.1. The third-order valence-corrected chi connectivity index (χ3v) is 7.82. The molecule has 1 atom stereocenters. The Hall–Kier alpha value is -3.12. The standard InChI is InChI=1S/C20H20N4O4S/c21-13-16-12-17(24(25)26)7-8-19(16)22-10-3-5-18(14-22)29(27,28)23-11-9-15-4-1-2-6-20(15)23/h1-2,4,6-8,12,18H,3,5,9-11,14H2. The van der Waals surface area contributed by atoms with Crippen molar-refractivity contribution in [3.8, 4) is 6.07 Å². The van der Waals surface area contributed by atoms with Gasteiger partial charge in [-0.1, -0.05) is 18.2 Å². The Labute approximate surface area is 169 Å². The topological polar surface area (TPSA) is 108 Å². The van der Waals surface area contributed by atoms with Crippen LogP contribution in [0, 0.1) is 21.4 Å². The van der Waals surface area contributed by atoms with Gasteiger partial charge in [0.05, 0.1) is 27.1 Å². The quantitative estimate of drug-likeness (QED) is 0.564. The number of piperidine rings is 1. The molecule has 0 bridgehead atoms. The summed E-state index contributed by atoms with van der Waals surface area (Å²) in [6, 6.07) is 13.7. The lowest BCUT2D eigenvalue weighted by Gasteiger charge is -2.36. The third-order valence-electron chi connectivity index (χ3n) is 5.60. The Morgan fingerprint density at radius 3 is 2.69 bits per heavy atom. The average Bonchev–Trinajstić information content (AvgIpc) is 3.18. The van der Waals surface area contributed by atoms with Gasteiger partial charge < -0.3 is 4.90 Å². The molecule has 150 valence electrons. The molecule has 1 fully saturated rings.